The average Bonchev–Trinajstić information content (AvgIpc) is 2.85. The quantitative estimate of drug-likeness (QED) is 0.239. The van der Waals surface area contributed by atoms with Crippen LogP contribution in [0.15, 0.2) is 53.3 Å². The Hall–Kier alpha value is -3.68. The number of aromatic nitrogens is 1. The number of fused-ring (bicyclic) bond motifs is 1. The van der Waals surface area contributed by atoms with E-state index in [-0.39, 0.29) is 41.3 Å². The van der Waals surface area contributed by atoms with E-state index in [1.165, 1.54) is 18.2 Å². The second-order valence-electron chi connectivity index (χ2n) is 11.4. The predicted octanol–water partition coefficient (Wildman–Crippen LogP) is 6.53. The highest BCUT2D eigenvalue weighted by Gasteiger charge is 2.28. The molecule has 1 heterocycles. The summed E-state index contributed by atoms with van der Waals surface area (Å²) in [6.07, 6.45) is 3.63. The van der Waals surface area contributed by atoms with E-state index in [2.05, 4.69) is 13.8 Å². The Labute approximate surface area is 230 Å². The number of pyridine rings is 1. The number of phenolic OH excluding ortho intramolecular Hbond substituents is 3. The molecule has 0 aliphatic carbocycles. The van der Waals surface area contributed by atoms with Crippen molar-refractivity contribution in [3.63, 3.8) is 0 Å². The van der Waals surface area contributed by atoms with Crippen molar-refractivity contribution < 1.29 is 24.9 Å². The van der Waals surface area contributed by atoms with Crippen LogP contribution in [0.3, 0.4) is 0 Å². The number of carbonyl (C=O) groups is 1. The van der Waals surface area contributed by atoms with Gasteiger partial charge in [0.2, 0.25) is 0 Å². The van der Waals surface area contributed by atoms with Crippen molar-refractivity contribution in [2.75, 3.05) is 0 Å². The summed E-state index contributed by atoms with van der Waals surface area (Å²) in [4.78, 5) is 27.6. The molecule has 39 heavy (non-hydrogen) atoms. The van der Waals surface area contributed by atoms with Crippen LogP contribution in [0.2, 0.25) is 0 Å². The first-order chi connectivity index (χ1) is 18.4. The molecule has 0 spiro atoms. The van der Waals surface area contributed by atoms with Crippen molar-refractivity contribution >= 4 is 17.0 Å². The minimum Gasteiger partial charge on any atom is -0.507 e. The minimum atomic E-state index is -0.656. The van der Waals surface area contributed by atoms with Gasteiger partial charge in [0, 0.05) is 30.6 Å². The third-order valence-corrected chi connectivity index (χ3v) is 6.93. The Morgan fingerprint density at radius 3 is 2.36 bits per heavy atom. The van der Waals surface area contributed by atoms with E-state index in [1.807, 2.05) is 26.8 Å². The van der Waals surface area contributed by atoms with E-state index >= 15 is 0 Å². The molecule has 8 heteroatoms. The van der Waals surface area contributed by atoms with Gasteiger partial charge in [0.25, 0.3) is 5.56 Å². The first-order valence-corrected chi connectivity index (χ1v) is 13.7. The highest BCUT2D eigenvalue weighted by atomic mass is 16.6. The monoisotopic (exact) mass is 538 g/mol. The van der Waals surface area contributed by atoms with Crippen LogP contribution in [0.4, 0.5) is 4.79 Å². The largest absolute Gasteiger partial charge is 0.507 e. The number of aryl methyl sites for hydroxylation is 1. The van der Waals surface area contributed by atoms with Crippen LogP contribution in [0, 0.1) is 5.92 Å². The lowest BCUT2D eigenvalue weighted by molar-refractivity contribution is 0.0113. The summed E-state index contributed by atoms with van der Waals surface area (Å²) < 4.78 is 7.45. The van der Waals surface area contributed by atoms with Crippen molar-refractivity contribution in [3.8, 4) is 17.2 Å². The van der Waals surface area contributed by atoms with E-state index in [0.29, 0.717) is 23.0 Å². The summed E-state index contributed by atoms with van der Waals surface area (Å²) in [5, 5.41) is 30.5. The molecule has 0 radical (unpaired) electrons. The predicted molar refractivity (Wildman–Crippen MR) is 153 cm³/mol. The van der Waals surface area contributed by atoms with Gasteiger partial charge in [-0.05, 0) is 88.3 Å². The molecule has 1 aromatic heterocycles. The van der Waals surface area contributed by atoms with E-state index in [9.17, 15) is 24.9 Å². The molecule has 0 saturated heterocycles. The van der Waals surface area contributed by atoms with Crippen molar-refractivity contribution in [2.24, 2.45) is 5.92 Å². The summed E-state index contributed by atoms with van der Waals surface area (Å²) >= 11 is 0. The normalized spacial score (nSPS) is 13.3. The molecule has 3 N–H and O–H groups in total. The van der Waals surface area contributed by atoms with Crippen LogP contribution in [0.1, 0.15) is 72.3 Å². The van der Waals surface area contributed by atoms with Gasteiger partial charge in [-0.25, -0.2) is 4.79 Å². The van der Waals surface area contributed by atoms with Crippen molar-refractivity contribution in [3.05, 3.63) is 64.4 Å². The molecule has 2 aromatic carbocycles. The van der Waals surface area contributed by atoms with Gasteiger partial charge >= 0.3 is 6.09 Å². The molecule has 0 bridgehead atoms. The fourth-order valence-corrected chi connectivity index (χ4v) is 4.83. The van der Waals surface area contributed by atoms with Gasteiger partial charge in [-0.1, -0.05) is 32.4 Å². The van der Waals surface area contributed by atoms with Gasteiger partial charge < -0.3 is 29.5 Å². The van der Waals surface area contributed by atoms with E-state index in [1.54, 1.807) is 33.7 Å². The molecule has 0 fully saturated rings. The Morgan fingerprint density at radius 1 is 0.949 bits per heavy atom. The van der Waals surface area contributed by atoms with Crippen LogP contribution in [-0.2, 0) is 17.8 Å². The molecular weight excluding hydrogens is 496 g/mol. The van der Waals surface area contributed by atoms with E-state index in [4.69, 9.17) is 4.74 Å². The zero-order valence-electron chi connectivity index (χ0n) is 23.7. The standard InChI is InChI=1S/C31H42N2O6/c1-6-8-23(33(30(38)39-31(3,4)5)20-22-12-15-27(35)28(36)19-22)13-11-21(2)17-18-32-25-9-7-10-26(34)24(25)14-16-29(32)37/h7,9-10,12,14-16,19,21,23,34-36H,6,8,11,13,17-18,20H2,1-5H3. The SMILES string of the molecule is CCCC(CCC(C)CCn1c(=O)ccc2c(O)cccc21)N(Cc1ccc(O)c(O)c1)C(=O)OC(C)(C)C. The van der Waals surface area contributed by atoms with Crippen molar-refractivity contribution in [1.29, 1.82) is 0 Å². The fraction of sp³-hybridized carbons (Fsp3) is 0.484. The second kappa shape index (κ2) is 12.9. The number of hydrogen-bond acceptors (Lipinski definition) is 6. The lowest BCUT2D eigenvalue weighted by atomic mass is 9.95. The first kappa shape index (κ1) is 29.9. The number of carbonyl (C=O) groups excluding carboxylic acids is 1. The molecule has 1 amide bonds. The zero-order chi connectivity index (χ0) is 28.7. The molecule has 3 rings (SSSR count). The lowest BCUT2D eigenvalue weighted by Crippen LogP contribution is -2.43. The molecule has 8 nitrogen and oxygen atoms in total. The number of aromatic hydroxyl groups is 3. The van der Waals surface area contributed by atoms with E-state index < -0.39 is 11.7 Å². The molecule has 2 atom stereocenters. The third kappa shape index (κ3) is 8.15. The number of amides is 1. The van der Waals surface area contributed by atoms with Gasteiger partial charge in [-0.2, -0.15) is 0 Å². The number of benzene rings is 2. The molecule has 0 aliphatic heterocycles. The number of nitrogens with zero attached hydrogens (tertiary/aromatic N) is 2. The van der Waals surface area contributed by atoms with Crippen molar-refractivity contribution in [2.45, 2.75) is 91.5 Å². The Balaban J connectivity index is 1.74. The third-order valence-electron chi connectivity index (χ3n) is 6.93. The van der Waals surface area contributed by atoms with Crippen LogP contribution in [0.5, 0.6) is 17.2 Å². The van der Waals surface area contributed by atoms with Gasteiger partial charge in [-0.3, -0.25) is 4.79 Å². The first-order valence-electron chi connectivity index (χ1n) is 13.7. The summed E-state index contributed by atoms with van der Waals surface area (Å²) in [6, 6.07) is 12.8. The molecule has 0 saturated carbocycles. The number of rotatable bonds is 11. The molecule has 212 valence electrons. The molecule has 3 aromatic rings. The summed E-state index contributed by atoms with van der Waals surface area (Å²) in [5.74, 6) is -0.000716. The fourth-order valence-electron chi connectivity index (χ4n) is 4.83. The van der Waals surface area contributed by atoms with Crippen LogP contribution >= 0.6 is 0 Å². The average molecular weight is 539 g/mol. The number of phenols is 3. The maximum absolute atomic E-state index is 13.3. The summed E-state index contributed by atoms with van der Waals surface area (Å²) in [5.41, 5.74) is 0.657. The van der Waals surface area contributed by atoms with Crippen LogP contribution < -0.4 is 5.56 Å². The molecule has 2 unspecified atom stereocenters. The highest BCUT2D eigenvalue weighted by molar-refractivity contribution is 5.85. The Kier molecular flexibility index (Phi) is 9.89. The maximum Gasteiger partial charge on any atom is 0.410 e. The van der Waals surface area contributed by atoms with Gasteiger partial charge in [0.05, 0.1) is 5.52 Å². The number of ether oxygens (including phenoxy) is 1. The van der Waals surface area contributed by atoms with Crippen molar-refractivity contribution in [1.82, 2.24) is 9.47 Å². The molecular formula is C31H42N2O6. The smallest absolute Gasteiger partial charge is 0.410 e. The van der Waals surface area contributed by atoms with Crippen LogP contribution in [0.25, 0.3) is 10.9 Å². The lowest BCUT2D eigenvalue weighted by Gasteiger charge is -2.34. The second-order valence-corrected chi connectivity index (χ2v) is 11.4. The summed E-state index contributed by atoms with van der Waals surface area (Å²) in [7, 11) is 0. The summed E-state index contributed by atoms with van der Waals surface area (Å²) in [6.45, 7) is 10.5. The minimum absolute atomic E-state index is 0.0829. The zero-order valence-corrected chi connectivity index (χ0v) is 23.7. The van der Waals surface area contributed by atoms with Gasteiger partial charge in [-0.15, -0.1) is 0 Å². The van der Waals surface area contributed by atoms with Crippen LogP contribution in [-0.4, -0.2) is 42.5 Å². The highest BCUT2D eigenvalue weighted by Crippen LogP contribution is 2.29. The van der Waals surface area contributed by atoms with E-state index in [0.717, 1.165) is 32.1 Å². The maximum atomic E-state index is 13.3. The number of hydrogen-bond donors (Lipinski definition) is 3. The van der Waals surface area contributed by atoms with Gasteiger partial charge in [0.1, 0.15) is 11.4 Å². The Bertz CT molecular complexity index is 1330. The van der Waals surface area contributed by atoms with Gasteiger partial charge in [0.15, 0.2) is 11.5 Å². The Morgan fingerprint density at radius 2 is 1.69 bits per heavy atom. The topological polar surface area (TPSA) is 112 Å². The molecule has 0 aliphatic rings.